The Labute approximate surface area is 78.4 Å². The normalized spacial score (nSPS) is 17.3. The Bertz CT molecular complexity index is 308. The summed E-state index contributed by atoms with van der Waals surface area (Å²) in [6.45, 7) is 0.655. The summed E-state index contributed by atoms with van der Waals surface area (Å²) in [5.41, 5.74) is -1.28. The first-order valence-electron chi connectivity index (χ1n) is 4.60. The number of hydrogen-bond donors (Lipinski definition) is 1. The van der Waals surface area contributed by atoms with Crippen LogP contribution in [0.25, 0.3) is 0 Å². The van der Waals surface area contributed by atoms with E-state index in [9.17, 15) is 5.11 Å². The van der Waals surface area contributed by atoms with Gasteiger partial charge in [-0.25, -0.2) is 4.98 Å². The summed E-state index contributed by atoms with van der Waals surface area (Å²) in [6, 6.07) is 0. The van der Waals surface area contributed by atoms with Crippen molar-refractivity contribution in [3.05, 3.63) is 16.6 Å². The van der Waals surface area contributed by atoms with Crippen LogP contribution in [0.2, 0.25) is 0 Å². The van der Waals surface area contributed by atoms with Crippen LogP contribution in [0.15, 0.2) is 10.8 Å². The van der Waals surface area contributed by atoms with Gasteiger partial charge in [-0.3, -0.25) is 0 Å². The fraction of sp³-hybridized carbons (Fsp3) is 0.571. The summed E-state index contributed by atoms with van der Waals surface area (Å²) in [5, 5.41) is 9.69. The van der Waals surface area contributed by atoms with Gasteiger partial charge < -0.3 is 9.67 Å². The van der Waals surface area contributed by atoms with Crippen LogP contribution >= 0.6 is 15.9 Å². The lowest BCUT2D eigenvalue weighted by atomic mass is 10.1. The maximum Gasteiger partial charge on any atom is 0.141 e. The molecule has 1 N–H and O–H groups in total. The number of aromatic nitrogens is 2. The van der Waals surface area contributed by atoms with E-state index in [4.69, 9.17) is 4.11 Å². The molecule has 0 atom stereocenters. The van der Waals surface area contributed by atoms with Gasteiger partial charge in [0.25, 0.3) is 0 Å². The molecular formula is C7H11BrN2O. The third kappa shape index (κ3) is 1.81. The minimum absolute atomic E-state index is 0.115. The van der Waals surface area contributed by atoms with Crippen molar-refractivity contribution >= 4 is 15.9 Å². The molecule has 1 aromatic heterocycles. The molecule has 0 aliphatic rings. The molecular weight excluding hydrogens is 208 g/mol. The average molecular weight is 222 g/mol. The molecule has 0 unspecified atom stereocenters. The van der Waals surface area contributed by atoms with Crippen molar-refractivity contribution < 1.29 is 9.22 Å². The first kappa shape index (κ1) is 5.32. The molecule has 0 aliphatic carbocycles. The number of aliphatic hydroxyl groups is 1. The van der Waals surface area contributed by atoms with Gasteiger partial charge in [0.05, 0.1) is 0 Å². The molecule has 0 saturated heterocycles. The number of imidazole rings is 1. The minimum atomic E-state index is -2.33. The molecule has 0 fully saturated rings. The zero-order valence-electron chi connectivity index (χ0n) is 9.30. The molecule has 4 heteroatoms. The lowest BCUT2D eigenvalue weighted by Gasteiger charge is -2.15. The van der Waals surface area contributed by atoms with E-state index in [1.807, 2.05) is 0 Å². The van der Waals surface area contributed by atoms with E-state index in [1.54, 1.807) is 0 Å². The average Bonchev–Trinajstić information content (AvgIpc) is 2.27. The summed E-state index contributed by atoms with van der Waals surface area (Å²) in [5.74, 6) is 0.115. The monoisotopic (exact) mass is 221 g/mol. The maximum atomic E-state index is 9.69. The molecule has 62 valence electrons. The largest absolute Gasteiger partial charge is 0.383 e. The van der Waals surface area contributed by atoms with E-state index >= 15 is 0 Å². The molecule has 1 aromatic rings. The van der Waals surface area contributed by atoms with Crippen LogP contribution in [0.1, 0.15) is 23.8 Å². The predicted octanol–water partition coefficient (Wildman–Crippen LogP) is 1.41. The zero-order valence-corrected chi connectivity index (χ0v) is 7.88. The van der Waals surface area contributed by atoms with Crippen LogP contribution in [0.3, 0.4) is 0 Å². The molecule has 0 aromatic carbocycles. The fourth-order valence-corrected chi connectivity index (χ4v) is 1.16. The summed E-state index contributed by atoms with van der Waals surface area (Å²) < 4.78 is 23.1. The number of aryl methyl sites for hydroxylation is 1. The van der Waals surface area contributed by atoms with Gasteiger partial charge in [0, 0.05) is 17.3 Å². The van der Waals surface area contributed by atoms with Crippen molar-refractivity contribution in [2.45, 2.75) is 19.4 Å². The highest BCUT2D eigenvalue weighted by molar-refractivity contribution is 9.10. The zero-order chi connectivity index (χ0) is 11.1. The highest BCUT2D eigenvalue weighted by Gasteiger charge is 2.21. The summed E-state index contributed by atoms with van der Waals surface area (Å²) >= 11 is 3.07. The SMILES string of the molecule is [2H]C([2H])([2H])n1cc(Br)nc1C(C)(C)O. The van der Waals surface area contributed by atoms with Gasteiger partial charge in [0.2, 0.25) is 0 Å². The molecule has 0 amide bonds. The van der Waals surface area contributed by atoms with E-state index < -0.39 is 12.6 Å². The second-order valence-corrected chi connectivity index (χ2v) is 3.63. The van der Waals surface area contributed by atoms with Crippen molar-refractivity contribution in [3.63, 3.8) is 0 Å². The van der Waals surface area contributed by atoms with Crippen molar-refractivity contribution in [1.82, 2.24) is 9.55 Å². The fourth-order valence-electron chi connectivity index (χ4n) is 0.783. The third-order valence-corrected chi connectivity index (χ3v) is 1.61. The summed E-state index contributed by atoms with van der Waals surface area (Å²) in [7, 11) is 0. The van der Waals surface area contributed by atoms with Gasteiger partial charge in [-0.1, -0.05) is 0 Å². The van der Waals surface area contributed by atoms with Crippen molar-refractivity contribution in [1.29, 1.82) is 0 Å². The number of halogens is 1. The molecule has 0 saturated carbocycles. The molecule has 0 radical (unpaired) electrons. The quantitative estimate of drug-likeness (QED) is 0.780. The summed E-state index contributed by atoms with van der Waals surface area (Å²) in [6.07, 6.45) is 1.33. The highest BCUT2D eigenvalue weighted by Crippen LogP contribution is 2.19. The van der Waals surface area contributed by atoms with Gasteiger partial charge in [0.15, 0.2) is 0 Å². The first-order valence-corrected chi connectivity index (χ1v) is 3.90. The van der Waals surface area contributed by atoms with Gasteiger partial charge in [-0.15, -0.1) is 0 Å². The van der Waals surface area contributed by atoms with Crippen molar-refractivity contribution in [2.24, 2.45) is 6.98 Å². The second kappa shape index (κ2) is 2.60. The first-order chi connectivity index (χ1) is 6.12. The lowest BCUT2D eigenvalue weighted by molar-refractivity contribution is 0.0658. The Morgan fingerprint density at radius 2 is 2.45 bits per heavy atom. The van der Waals surface area contributed by atoms with Gasteiger partial charge in [0.1, 0.15) is 16.0 Å². The van der Waals surface area contributed by atoms with E-state index in [2.05, 4.69) is 20.9 Å². The standard InChI is InChI=1S/C7H11BrN2O/c1-7(2,11)6-9-5(8)4-10(6)3/h4,11H,1-3H3/i3D3. The third-order valence-electron chi connectivity index (χ3n) is 1.22. The summed E-state index contributed by atoms with van der Waals surface area (Å²) in [4.78, 5) is 3.92. The Balaban J connectivity index is 3.31. The smallest absolute Gasteiger partial charge is 0.141 e. The Hall–Kier alpha value is -0.350. The van der Waals surface area contributed by atoms with E-state index in [0.29, 0.717) is 4.60 Å². The van der Waals surface area contributed by atoms with E-state index in [-0.39, 0.29) is 5.82 Å². The molecule has 3 nitrogen and oxygen atoms in total. The van der Waals surface area contributed by atoms with E-state index in [0.717, 1.165) is 4.57 Å². The van der Waals surface area contributed by atoms with Crippen molar-refractivity contribution in [2.75, 3.05) is 0 Å². The number of hydrogen-bond acceptors (Lipinski definition) is 2. The molecule has 1 heterocycles. The van der Waals surface area contributed by atoms with Crippen LogP contribution in [0, 0.1) is 0 Å². The molecule has 0 spiro atoms. The highest BCUT2D eigenvalue weighted by atomic mass is 79.9. The van der Waals surface area contributed by atoms with E-state index in [1.165, 1.54) is 20.0 Å². The van der Waals surface area contributed by atoms with Crippen LogP contribution in [0.5, 0.6) is 0 Å². The van der Waals surface area contributed by atoms with Gasteiger partial charge in [-0.2, -0.15) is 0 Å². The minimum Gasteiger partial charge on any atom is -0.383 e. The van der Waals surface area contributed by atoms with Crippen LogP contribution < -0.4 is 0 Å². The molecule has 1 rings (SSSR count). The van der Waals surface area contributed by atoms with Crippen LogP contribution in [-0.2, 0) is 12.6 Å². The van der Waals surface area contributed by atoms with Crippen LogP contribution in [0.4, 0.5) is 0 Å². The van der Waals surface area contributed by atoms with Gasteiger partial charge >= 0.3 is 0 Å². The number of rotatable bonds is 1. The molecule has 0 bridgehead atoms. The lowest BCUT2D eigenvalue weighted by Crippen LogP contribution is -2.20. The molecule has 0 aliphatic heterocycles. The maximum absolute atomic E-state index is 9.69. The Morgan fingerprint density at radius 3 is 2.82 bits per heavy atom. The van der Waals surface area contributed by atoms with Crippen LogP contribution in [-0.4, -0.2) is 14.7 Å². The second-order valence-electron chi connectivity index (χ2n) is 2.82. The molecule has 11 heavy (non-hydrogen) atoms. The Kier molecular flexibility index (Phi) is 1.26. The van der Waals surface area contributed by atoms with Gasteiger partial charge in [-0.05, 0) is 29.8 Å². The predicted molar refractivity (Wildman–Crippen MR) is 46.2 cm³/mol. The topological polar surface area (TPSA) is 38.0 Å². The number of nitrogens with zero attached hydrogens (tertiary/aromatic N) is 2. The van der Waals surface area contributed by atoms with Crippen molar-refractivity contribution in [3.8, 4) is 0 Å². The Morgan fingerprint density at radius 1 is 1.82 bits per heavy atom.